The average molecular weight is 424 g/mol. The minimum Gasteiger partial charge on any atom is -0.326 e. The lowest BCUT2D eigenvalue weighted by molar-refractivity contribution is -0.115. The zero-order chi connectivity index (χ0) is 21.3. The van der Waals surface area contributed by atoms with E-state index in [1.807, 2.05) is 19.2 Å². The molecule has 0 aliphatic rings. The third kappa shape index (κ3) is 4.13. The normalized spacial score (nSPS) is 10.9. The van der Waals surface area contributed by atoms with E-state index in [0.29, 0.717) is 10.8 Å². The van der Waals surface area contributed by atoms with Gasteiger partial charge in [-0.2, -0.15) is 5.10 Å². The predicted octanol–water partition coefficient (Wildman–Crippen LogP) is 5.07. The molecule has 0 bridgehead atoms. The Morgan fingerprint density at radius 3 is 2.33 bits per heavy atom. The molecule has 0 saturated heterocycles. The van der Waals surface area contributed by atoms with Gasteiger partial charge in [0.2, 0.25) is 11.0 Å². The van der Waals surface area contributed by atoms with Gasteiger partial charge < -0.3 is 5.32 Å². The molecule has 1 N–H and O–H groups in total. The van der Waals surface area contributed by atoms with Crippen LogP contribution in [-0.2, 0) is 11.2 Å². The topological polar surface area (TPSA) is 59.8 Å². The van der Waals surface area contributed by atoms with Crippen molar-refractivity contribution in [3.63, 3.8) is 0 Å². The summed E-state index contributed by atoms with van der Waals surface area (Å²) in [6.07, 6.45) is 0.144. The summed E-state index contributed by atoms with van der Waals surface area (Å²) in [5.74, 6) is -0.862. The lowest BCUT2D eigenvalue weighted by atomic mass is 10.1. The van der Waals surface area contributed by atoms with Crippen LogP contribution in [0.25, 0.3) is 16.4 Å². The van der Waals surface area contributed by atoms with Crippen LogP contribution in [0.3, 0.4) is 0 Å². The highest BCUT2D eigenvalue weighted by Crippen LogP contribution is 2.26. The van der Waals surface area contributed by atoms with Gasteiger partial charge in [-0.1, -0.05) is 0 Å². The van der Waals surface area contributed by atoms with Crippen LogP contribution in [-0.4, -0.2) is 20.7 Å². The quantitative estimate of drug-likeness (QED) is 0.487. The fourth-order valence-corrected chi connectivity index (χ4v) is 3.97. The third-order valence-corrected chi connectivity index (χ3v) is 5.54. The first-order chi connectivity index (χ1) is 14.4. The number of thiazole rings is 1. The molecule has 0 aliphatic carbocycles. The standard InChI is InChI=1S/C22H18F2N4OS/c1-13-19(11-21(29)25-18-9-7-17(24)8-10-18)14(2)28(27-13)22-26-20(12-30-22)15-3-5-16(23)6-4-15/h3-10,12H,11H2,1-2H3,(H,25,29). The number of aryl methyl sites for hydroxylation is 1. The molecule has 2 aromatic heterocycles. The van der Waals surface area contributed by atoms with Gasteiger partial charge in [0.25, 0.3) is 0 Å². The number of nitrogens with one attached hydrogen (secondary N) is 1. The fourth-order valence-electron chi connectivity index (χ4n) is 3.13. The summed E-state index contributed by atoms with van der Waals surface area (Å²) >= 11 is 1.42. The van der Waals surface area contributed by atoms with Gasteiger partial charge in [-0.15, -0.1) is 11.3 Å². The van der Waals surface area contributed by atoms with Crippen LogP contribution in [0.2, 0.25) is 0 Å². The molecule has 4 rings (SSSR count). The van der Waals surface area contributed by atoms with Crippen molar-refractivity contribution in [3.05, 3.63) is 82.5 Å². The third-order valence-electron chi connectivity index (χ3n) is 4.72. The minimum absolute atomic E-state index is 0.144. The summed E-state index contributed by atoms with van der Waals surface area (Å²) in [5, 5.41) is 9.87. The molecule has 4 aromatic rings. The Bertz CT molecular complexity index is 1200. The lowest BCUT2D eigenvalue weighted by Crippen LogP contribution is -2.15. The Kier molecular flexibility index (Phi) is 5.41. The van der Waals surface area contributed by atoms with Crippen LogP contribution in [0.15, 0.2) is 53.9 Å². The second-order valence-corrected chi connectivity index (χ2v) is 7.65. The molecule has 5 nitrogen and oxygen atoms in total. The van der Waals surface area contributed by atoms with Gasteiger partial charge in [0.05, 0.1) is 17.8 Å². The summed E-state index contributed by atoms with van der Waals surface area (Å²) in [7, 11) is 0. The Balaban J connectivity index is 1.54. The van der Waals surface area contributed by atoms with E-state index in [4.69, 9.17) is 0 Å². The fraction of sp³-hybridized carbons (Fsp3) is 0.136. The Morgan fingerprint density at radius 1 is 1.03 bits per heavy atom. The second-order valence-electron chi connectivity index (χ2n) is 6.82. The van der Waals surface area contributed by atoms with Crippen molar-refractivity contribution in [2.45, 2.75) is 20.3 Å². The van der Waals surface area contributed by atoms with E-state index in [-0.39, 0.29) is 24.0 Å². The molecule has 152 valence electrons. The number of amides is 1. The predicted molar refractivity (Wildman–Crippen MR) is 113 cm³/mol. The van der Waals surface area contributed by atoms with Gasteiger partial charge in [0.15, 0.2) is 0 Å². The molecular formula is C22H18F2N4OS. The van der Waals surface area contributed by atoms with Crippen molar-refractivity contribution in [1.82, 2.24) is 14.8 Å². The monoisotopic (exact) mass is 424 g/mol. The van der Waals surface area contributed by atoms with E-state index in [1.165, 1.54) is 47.7 Å². The summed E-state index contributed by atoms with van der Waals surface area (Å²) < 4.78 is 27.9. The highest BCUT2D eigenvalue weighted by atomic mass is 32.1. The summed E-state index contributed by atoms with van der Waals surface area (Å²) in [5.41, 5.74) is 4.46. The van der Waals surface area contributed by atoms with E-state index in [1.54, 1.807) is 16.8 Å². The van der Waals surface area contributed by atoms with Crippen LogP contribution >= 0.6 is 11.3 Å². The number of carbonyl (C=O) groups is 1. The second kappa shape index (κ2) is 8.16. The summed E-state index contributed by atoms with van der Waals surface area (Å²) in [6.45, 7) is 3.73. The van der Waals surface area contributed by atoms with E-state index < -0.39 is 0 Å². The number of benzene rings is 2. The van der Waals surface area contributed by atoms with Crippen LogP contribution < -0.4 is 5.32 Å². The first kappa shape index (κ1) is 19.9. The first-order valence-electron chi connectivity index (χ1n) is 9.23. The van der Waals surface area contributed by atoms with E-state index >= 15 is 0 Å². The number of halogens is 2. The van der Waals surface area contributed by atoms with Crippen molar-refractivity contribution in [3.8, 4) is 16.4 Å². The molecule has 2 aromatic carbocycles. The number of aromatic nitrogens is 3. The average Bonchev–Trinajstić information content (AvgIpc) is 3.31. The molecule has 0 radical (unpaired) electrons. The minimum atomic E-state index is -0.357. The lowest BCUT2D eigenvalue weighted by Gasteiger charge is -2.06. The molecule has 0 saturated carbocycles. The van der Waals surface area contributed by atoms with Crippen molar-refractivity contribution < 1.29 is 13.6 Å². The highest BCUT2D eigenvalue weighted by molar-refractivity contribution is 7.12. The molecular weight excluding hydrogens is 406 g/mol. The molecule has 8 heteroatoms. The maximum absolute atomic E-state index is 13.2. The summed E-state index contributed by atoms with van der Waals surface area (Å²) in [6, 6.07) is 11.8. The smallest absolute Gasteiger partial charge is 0.228 e. The molecule has 0 atom stereocenters. The van der Waals surface area contributed by atoms with Crippen molar-refractivity contribution in [2.24, 2.45) is 0 Å². The van der Waals surface area contributed by atoms with Gasteiger partial charge in [-0.25, -0.2) is 18.4 Å². The Morgan fingerprint density at radius 2 is 1.67 bits per heavy atom. The number of nitrogens with zero attached hydrogens (tertiary/aromatic N) is 3. The van der Waals surface area contributed by atoms with Gasteiger partial charge in [0.1, 0.15) is 11.6 Å². The van der Waals surface area contributed by atoms with E-state index in [2.05, 4.69) is 15.4 Å². The van der Waals surface area contributed by atoms with Crippen LogP contribution in [0.1, 0.15) is 17.0 Å². The molecule has 0 aliphatic heterocycles. The maximum atomic E-state index is 13.2. The number of anilines is 1. The number of rotatable bonds is 5. The molecule has 30 heavy (non-hydrogen) atoms. The molecule has 0 unspecified atom stereocenters. The highest BCUT2D eigenvalue weighted by Gasteiger charge is 2.18. The van der Waals surface area contributed by atoms with Crippen molar-refractivity contribution >= 4 is 22.9 Å². The van der Waals surface area contributed by atoms with Crippen LogP contribution in [0.4, 0.5) is 14.5 Å². The maximum Gasteiger partial charge on any atom is 0.228 e. The van der Waals surface area contributed by atoms with Gasteiger partial charge in [0, 0.05) is 27.9 Å². The summed E-state index contributed by atoms with van der Waals surface area (Å²) in [4.78, 5) is 17.1. The number of carbonyl (C=O) groups excluding carboxylic acids is 1. The number of hydrogen-bond donors (Lipinski definition) is 1. The molecule has 0 spiro atoms. The van der Waals surface area contributed by atoms with Gasteiger partial charge >= 0.3 is 0 Å². The Labute approximate surface area is 176 Å². The molecule has 0 fully saturated rings. The van der Waals surface area contributed by atoms with Gasteiger partial charge in [-0.3, -0.25) is 4.79 Å². The Hall–Kier alpha value is -3.39. The first-order valence-corrected chi connectivity index (χ1v) is 10.1. The van der Waals surface area contributed by atoms with Gasteiger partial charge in [-0.05, 0) is 62.4 Å². The zero-order valence-electron chi connectivity index (χ0n) is 16.3. The molecule has 2 heterocycles. The van der Waals surface area contributed by atoms with Crippen molar-refractivity contribution in [2.75, 3.05) is 5.32 Å². The zero-order valence-corrected chi connectivity index (χ0v) is 17.1. The van der Waals surface area contributed by atoms with E-state index in [9.17, 15) is 13.6 Å². The largest absolute Gasteiger partial charge is 0.326 e. The van der Waals surface area contributed by atoms with Crippen LogP contribution in [0.5, 0.6) is 0 Å². The van der Waals surface area contributed by atoms with Crippen LogP contribution in [0, 0.1) is 25.5 Å². The van der Waals surface area contributed by atoms with Crippen molar-refractivity contribution in [1.29, 1.82) is 0 Å². The SMILES string of the molecule is Cc1nn(-c2nc(-c3ccc(F)cc3)cs2)c(C)c1CC(=O)Nc1ccc(F)cc1. The molecule has 1 amide bonds. The number of hydrogen-bond acceptors (Lipinski definition) is 4. The van der Waals surface area contributed by atoms with E-state index in [0.717, 1.165) is 28.2 Å².